The third-order valence-corrected chi connectivity index (χ3v) is 6.70. The van der Waals surface area contributed by atoms with Crippen LogP contribution in [-0.4, -0.2) is 41.0 Å². The number of nitrogens with zero attached hydrogens (tertiary/aromatic N) is 1. The Kier molecular flexibility index (Phi) is 6.28. The van der Waals surface area contributed by atoms with Crippen LogP contribution in [-0.2, 0) is 19.7 Å². The second-order valence-electron chi connectivity index (χ2n) is 9.47. The molecule has 2 atom stereocenters. The standard InChI is InChI=1S/C26H28BrNO4/c1-26(2,3)18-10-6-16(7-11-18)22-21(23(29)17-8-12-19(27)13-9-17)24(30)25(31)28(22)15-20-5-4-14-32-20/h6-13,20,22,29H,4-5,14-15H2,1-3H3/b23-21-. The molecule has 2 aromatic carbocycles. The minimum Gasteiger partial charge on any atom is -0.507 e. The van der Waals surface area contributed by atoms with E-state index in [1.807, 2.05) is 24.3 Å². The highest BCUT2D eigenvalue weighted by Crippen LogP contribution is 2.40. The molecule has 5 nitrogen and oxygen atoms in total. The number of hydrogen-bond acceptors (Lipinski definition) is 4. The lowest BCUT2D eigenvalue weighted by Crippen LogP contribution is -2.36. The van der Waals surface area contributed by atoms with E-state index in [0.29, 0.717) is 18.7 Å². The van der Waals surface area contributed by atoms with Gasteiger partial charge in [-0.05, 0) is 41.5 Å². The van der Waals surface area contributed by atoms with Gasteiger partial charge in [0.25, 0.3) is 11.7 Å². The van der Waals surface area contributed by atoms with Gasteiger partial charge in [-0.2, -0.15) is 0 Å². The Morgan fingerprint density at radius 2 is 1.75 bits per heavy atom. The number of Topliss-reactive ketones (excluding diaryl/α,β-unsaturated/α-hetero) is 1. The van der Waals surface area contributed by atoms with Gasteiger partial charge in [-0.15, -0.1) is 0 Å². The van der Waals surface area contributed by atoms with Gasteiger partial charge in [0.1, 0.15) is 5.76 Å². The fraction of sp³-hybridized carbons (Fsp3) is 0.385. The van der Waals surface area contributed by atoms with Gasteiger partial charge in [-0.1, -0.05) is 73.1 Å². The Balaban J connectivity index is 1.81. The van der Waals surface area contributed by atoms with Crippen molar-refractivity contribution in [3.05, 3.63) is 75.3 Å². The molecule has 0 radical (unpaired) electrons. The predicted octanol–water partition coefficient (Wildman–Crippen LogP) is 5.35. The molecule has 4 rings (SSSR count). The van der Waals surface area contributed by atoms with E-state index in [9.17, 15) is 14.7 Å². The van der Waals surface area contributed by atoms with E-state index >= 15 is 0 Å². The van der Waals surface area contributed by atoms with Crippen LogP contribution in [0.2, 0.25) is 0 Å². The smallest absolute Gasteiger partial charge is 0.295 e. The first-order valence-corrected chi connectivity index (χ1v) is 11.7. The van der Waals surface area contributed by atoms with Gasteiger partial charge in [0.15, 0.2) is 0 Å². The summed E-state index contributed by atoms with van der Waals surface area (Å²) in [5.74, 6) is -1.41. The van der Waals surface area contributed by atoms with E-state index in [4.69, 9.17) is 4.74 Å². The molecule has 2 aliphatic heterocycles. The lowest BCUT2D eigenvalue weighted by molar-refractivity contribution is -0.140. The maximum Gasteiger partial charge on any atom is 0.295 e. The van der Waals surface area contributed by atoms with E-state index in [1.165, 1.54) is 0 Å². The van der Waals surface area contributed by atoms with Crippen LogP contribution >= 0.6 is 15.9 Å². The summed E-state index contributed by atoms with van der Waals surface area (Å²) in [5.41, 5.74) is 2.56. The zero-order valence-corrected chi connectivity index (χ0v) is 20.2. The van der Waals surface area contributed by atoms with Crippen molar-refractivity contribution in [3.63, 3.8) is 0 Å². The number of ketones is 1. The largest absolute Gasteiger partial charge is 0.507 e. The van der Waals surface area contributed by atoms with Gasteiger partial charge in [-0.3, -0.25) is 9.59 Å². The van der Waals surface area contributed by atoms with Crippen molar-refractivity contribution in [2.45, 2.75) is 51.2 Å². The van der Waals surface area contributed by atoms with Crippen LogP contribution in [0.3, 0.4) is 0 Å². The summed E-state index contributed by atoms with van der Waals surface area (Å²) in [4.78, 5) is 27.8. The minimum absolute atomic E-state index is 0.0184. The molecule has 0 aromatic heterocycles. The molecule has 2 fully saturated rings. The molecule has 168 valence electrons. The van der Waals surface area contributed by atoms with Crippen molar-refractivity contribution in [3.8, 4) is 0 Å². The van der Waals surface area contributed by atoms with Gasteiger partial charge in [-0.25, -0.2) is 0 Å². The van der Waals surface area contributed by atoms with Crippen molar-refractivity contribution in [1.29, 1.82) is 0 Å². The molecular weight excluding hydrogens is 470 g/mol. The topological polar surface area (TPSA) is 66.8 Å². The van der Waals surface area contributed by atoms with Crippen LogP contribution in [0, 0.1) is 0 Å². The number of benzene rings is 2. The Morgan fingerprint density at radius 3 is 2.31 bits per heavy atom. The van der Waals surface area contributed by atoms with E-state index in [0.717, 1.165) is 28.4 Å². The number of carbonyl (C=O) groups is 2. The molecule has 1 amide bonds. The maximum absolute atomic E-state index is 13.1. The summed E-state index contributed by atoms with van der Waals surface area (Å²) in [7, 11) is 0. The second-order valence-corrected chi connectivity index (χ2v) is 10.4. The van der Waals surface area contributed by atoms with Gasteiger partial charge >= 0.3 is 0 Å². The lowest BCUT2D eigenvalue weighted by Gasteiger charge is -2.28. The quantitative estimate of drug-likeness (QED) is 0.351. The number of amides is 1. The van der Waals surface area contributed by atoms with Crippen molar-refractivity contribution in [2.75, 3.05) is 13.2 Å². The van der Waals surface area contributed by atoms with E-state index in [2.05, 4.69) is 36.7 Å². The van der Waals surface area contributed by atoms with Gasteiger partial charge in [0, 0.05) is 23.2 Å². The highest BCUT2D eigenvalue weighted by atomic mass is 79.9. The number of ether oxygens (including phenoxy) is 1. The molecule has 1 N–H and O–H groups in total. The van der Waals surface area contributed by atoms with Gasteiger partial charge in [0.05, 0.1) is 17.7 Å². The first-order chi connectivity index (χ1) is 15.2. The third kappa shape index (κ3) is 4.39. The fourth-order valence-corrected chi connectivity index (χ4v) is 4.62. The van der Waals surface area contributed by atoms with Crippen molar-refractivity contribution in [1.82, 2.24) is 4.90 Å². The van der Waals surface area contributed by atoms with Crippen LogP contribution < -0.4 is 0 Å². The molecule has 6 heteroatoms. The summed E-state index contributed by atoms with van der Waals surface area (Å²) in [6, 6.07) is 14.4. The highest BCUT2D eigenvalue weighted by Gasteiger charge is 2.47. The number of carbonyl (C=O) groups excluding carboxylic acids is 2. The Hall–Kier alpha value is -2.44. The number of aliphatic hydroxyl groups is 1. The maximum atomic E-state index is 13.1. The molecule has 0 aliphatic carbocycles. The molecule has 2 unspecified atom stereocenters. The number of halogens is 1. The molecule has 0 bridgehead atoms. The average molecular weight is 498 g/mol. The van der Waals surface area contributed by atoms with Crippen LogP contribution in [0.4, 0.5) is 0 Å². The molecule has 32 heavy (non-hydrogen) atoms. The van der Waals surface area contributed by atoms with Crippen LogP contribution in [0.15, 0.2) is 58.6 Å². The van der Waals surface area contributed by atoms with Crippen molar-refractivity contribution >= 4 is 33.4 Å². The Bertz CT molecular complexity index is 1040. The van der Waals surface area contributed by atoms with E-state index < -0.39 is 17.7 Å². The normalized spacial score (nSPS) is 23.2. The number of rotatable bonds is 4. The lowest BCUT2D eigenvalue weighted by atomic mass is 9.85. The molecular formula is C26H28BrNO4. The van der Waals surface area contributed by atoms with Gasteiger partial charge in [0.2, 0.25) is 0 Å². The average Bonchev–Trinajstić information content (AvgIpc) is 3.36. The van der Waals surface area contributed by atoms with E-state index in [-0.39, 0.29) is 22.9 Å². The molecule has 2 aliphatic rings. The molecule has 2 aromatic rings. The fourth-order valence-electron chi connectivity index (χ4n) is 4.35. The van der Waals surface area contributed by atoms with E-state index in [1.54, 1.807) is 29.2 Å². The first kappa shape index (κ1) is 22.7. The molecule has 0 saturated carbocycles. The zero-order chi connectivity index (χ0) is 23.0. The van der Waals surface area contributed by atoms with Crippen molar-refractivity contribution in [2.24, 2.45) is 0 Å². The molecule has 2 saturated heterocycles. The molecule has 2 heterocycles. The summed E-state index contributed by atoms with van der Waals surface area (Å²) < 4.78 is 6.61. The first-order valence-electron chi connectivity index (χ1n) is 10.9. The highest BCUT2D eigenvalue weighted by molar-refractivity contribution is 9.10. The van der Waals surface area contributed by atoms with Crippen LogP contribution in [0.25, 0.3) is 5.76 Å². The van der Waals surface area contributed by atoms with Crippen molar-refractivity contribution < 1.29 is 19.4 Å². The van der Waals surface area contributed by atoms with Gasteiger partial charge < -0.3 is 14.7 Å². The monoisotopic (exact) mass is 497 g/mol. The third-order valence-electron chi connectivity index (χ3n) is 6.17. The zero-order valence-electron chi connectivity index (χ0n) is 18.6. The SMILES string of the molecule is CC(C)(C)c1ccc(C2/C(=C(/O)c3ccc(Br)cc3)C(=O)C(=O)N2CC2CCCO2)cc1. The molecule has 0 spiro atoms. The summed E-state index contributed by atoms with van der Waals surface area (Å²) >= 11 is 3.39. The summed E-state index contributed by atoms with van der Waals surface area (Å²) in [6.45, 7) is 7.41. The van der Waals surface area contributed by atoms with Crippen LogP contribution in [0.5, 0.6) is 0 Å². The minimum atomic E-state index is -0.659. The summed E-state index contributed by atoms with van der Waals surface area (Å²) in [5, 5.41) is 11.1. The predicted molar refractivity (Wildman–Crippen MR) is 127 cm³/mol. The number of likely N-dealkylation sites (tertiary alicyclic amines) is 1. The Labute approximate surface area is 197 Å². The summed E-state index contributed by atoms with van der Waals surface area (Å²) in [6.07, 6.45) is 1.70. The number of aliphatic hydroxyl groups excluding tert-OH is 1. The number of hydrogen-bond donors (Lipinski definition) is 1. The Morgan fingerprint density at radius 1 is 1.09 bits per heavy atom. The second kappa shape index (κ2) is 8.83. The van der Waals surface area contributed by atoms with Crippen LogP contribution in [0.1, 0.15) is 56.3 Å².